The molecule has 3 heteroatoms. The van der Waals surface area contributed by atoms with Gasteiger partial charge in [-0.3, -0.25) is 0 Å². The molecule has 2 bridgehead atoms. The maximum absolute atomic E-state index is 12.4. The van der Waals surface area contributed by atoms with Gasteiger partial charge in [0.2, 0.25) is 0 Å². The van der Waals surface area contributed by atoms with E-state index in [1.165, 1.54) is 11.1 Å². The molecule has 1 aromatic carbocycles. The largest absolute Gasteiger partial charge is 0.444 e. The lowest BCUT2D eigenvalue weighted by atomic mass is 9.93. The van der Waals surface area contributed by atoms with Gasteiger partial charge in [-0.15, -0.1) is 0 Å². The van der Waals surface area contributed by atoms with Crippen LogP contribution in [0.5, 0.6) is 0 Å². The third-order valence-electron chi connectivity index (χ3n) is 4.47. The molecule has 2 aliphatic rings. The summed E-state index contributed by atoms with van der Waals surface area (Å²) < 4.78 is 5.57. The zero-order valence-electron chi connectivity index (χ0n) is 12.7. The van der Waals surface area contributed by atoms with Crippen molar-refractivity contribution in [1.29, 1.82) is 0 Å². The second kappa shape index (κ2) is 4.51. The molecule has 0 aromatic heterocycles. The van der Waals surface area contributed by atoms with E-state index in [0.717, 1.165) is 13.0 Å². The minimum Gasteiger partial charge on any atom is -0.444 e. The minimum absolute atomic E-state index is 0.169. The molecule has 1 amide bonds. The SMILES string of the molecule is CC[C@H]1[C@@H]2CN(C(=O)OC(C)(C)C)[C@H]1c1ccccc12. The standard InChI is InChI=1S/C17H23NO2/c1-5-11-14-10-18(16(19)20-17(2,3)4)15(11)13-9-7-6-8-12(13)14/h6-9,11,14-15H,5,10H2,1-4H3/t11-,14-,15+/m0/s1. The molecule has 0 spiro atoms. The molecule has 1 aromatic rings. The van der Waals surface area contributed by atoms with Gasteiger partial charge < -0.3 is 9.64 Å². The number of likely N-dealkylation sites (tertiary alicyclic amines) is 1. The Labute approximate surface area is 120 Å². The molecule has 1 aliphatic heterocycles. The minimum atomic E-state index is -0.430. The van der Waals surface area contributed by atoms with Crippen LogP contribution in [-0.2, 0) is 4.74 Å². The maximum Gasteiger partial charge on any atom is 0.410 e. The third kappa shape index (κ3) is 2.00. The molecule has 108 valence electrons. The number of amides is 1. The highest BCUT2D eigenvalue weighted by atomic mass is 16.6. The number of hydrogen-bond donors (Lipinski definition) is 0. The molecule has 1 fully saturated rings. The second-order valence-electron chi connectivity index (χ2n) is 6.89. The summed E-state index contributed by atoms with van der Waals surface area (Å²) in [5.41, 5.74) is 2.32. The summed E-state index contributed by atoms with van der Waals surface area (Å²) in [6.07, 6.45) is 0.932. The molecule has 1 aliphatic carbocycles. The average Bonchev–Trinajstić information content (AvgIpc) is 2.89. The van der Waals surface area contributed by atoms with Crippen LogP contribution >= 0.6 is 0 Å². The van der Waals surface area contributed by atoms with Crippen molar-refractivity contribution in [2.45, 2.75) is 51.7 Å². The van der Waals surface area contributed by atoms with Crippen LogP contribution in [0.1, 0.15) is 57.2 Å². The molecule has 20 heavy (non-hydrogen) atoms. The lowest BCUT2D eigenvalue weighted by Gasteiger charge is -2.31. The second-order valence-corrected chi connectivity index (χ2v) is 6.89. The van der Waals surface area contributed by atoms with Crippen molar-refractivity contribution in [2.24, 2.45) is 5.92 Å². The Kier molecular flexibility index (Phi) is 3.03. The molecule has 0 radical (unpaired) electrons. The topological polar surface area (TPSA) is 29.5 Å². The average molecular weight is 273 g/mol. The molecule has 1 heterocycles. The van der Waals surface area contributed by atoms with E-state index in [0.29, 0.717) is 11.8 Å². The van der Waals surface area contributed by atoms with Gasteiger partial charge in [0.15, 0.2) is 0 Å². The lowest BCUT2D eigenvalue weighted by Crippen LogP contribution is -2.38. The van der Waals surface area contributed by atoms with Crippen molar-refractivity contribution in [2.75, 3.05) is 6.54 Å². The van der Waals surface area contributed by atoms with Gasteiger partial charge in [0, 0.05) is 12.5 Å². The lowest BCUT2D eigenvalue weighted by molar-refractivity contribution is 0.0199. The van der Waals surface area contributed by atoms with Gasteiger partial charge >= 0.3 is 6.09 Å². The van der Waals surface area contributed by atoms with Gasteiger partial charge in [0.05, 0.1) is 6.04 Å². The van der Waals surface area contributed by atoms with Crippen LogP contribution in [0.25, 0.3) is 0 Å². The number of hydrogen-bond acceptors (Lipinski definition) is 2. The highest BCUT2D eigenvalue weighted by molar-refractivity contribution is 5.71. The van der Waals surface area contributed by atoms with E-state index in [9.17, 15) is 4.79 Å². The molecule has 0 N–H and O–H groups in total. The summed E-state index contributed by atoms with van der Waals surface area (Å²) in [7, 11) is 0. The zero-order valence-corrected chi connectivity index (χ0v) is 12.7. The summed E-state index contributed by atoms with van der Waals surface area (Å²) >= 11 is 0. The van der Waals surface area contributed by atoms with Gasteiger partial charge in [-0.25, -0.2) is 4.79 Å². The van der Waals surface area contributed by atoms with E-state index in [1.807, 2.05) is 25.7 Å². The quantitative estimate of drug-likeness (QED) is 0.771. The van der Waals surface area contributed by atoms with Gasteiger partial charge in [-0.05, 0) is 37.8 Å². The van der Waals surface area contributed by atoms with Crippen LogP contribution in [0.3, 0.4) is 0 Å². The summed E-state index contributed by atoms with van der Waals surface area (Å²) in [6.45, 7) is 8.78. The van der Waals surface area contributed by atoms with Crippen LogP contribution in [0, 0.1) is 5.92 Å². The van der Waals surface area contributed by atoms with Gasteiger partial charge in [-0.2, -0.15) is 0 Å². The number of ether oxygens (including phenoxy) is 1. The van der Waals surface area contributed by atoms with E-state index < -0.39 is 5.60 Å². The Morgan fingerprint density at radius 2 is 1.95 bits per heavy atom. The number of rotatable bonds is 1. The molecule has 3 atom stereocenters. The van der Waals surface area contributed by atoms with Crippen molar-refractivity contribution in [3.05, 3.63) is 35.4 Å². The van der Waals surface area contributed by atoms with Crippen LogP contribution in [-0.4, -0.2) is 23.1 Å². The highest BCUT2D eigenvalue weighted by Gasteiger charge is 2.51. The zero-order chi connectivity index (χ0) is 14.5. The van der Waals surface area contributed by atoms with E-state index in [4.69, 9.17) is 4.74 Å². The molecular formula is C17H23NO2. The molecule has 3 nitrogen and oxygen atoms in total. The van der Waals surface area contributed by atoms with E-state index >= 15 is 0 Å². The molecule has 3 rings (SSSR count). The number of carbonyl (C=O) groups excluding carboxylic acids is 1. The van der Waals surface area contributed by atoms with Crippen LogP contribution in [0.4, 0.5) is 4.79 Å². The van der Waals surface area contributed by atoms with Crippen molar-refractivity contribution in [1.82, 2.24) is 4.90 Å². The highest BCUT2D eigenvalue weighted by Crippen LogP contribution is 2.55. The summed E-state index contributed by atoms with van der Waals surface area (Å²) in [4.78, 5) is 14.4. The van der Waals surface area contributed by atoms with Gasteiger partial charge in [-0.1, -0.05) is 37.6 Å². The summed E-state index contributed by atoms with van der Waals surface area (Å²) in [6, 6.07) is 8.76. The van der Waals surface area contributed by atoms with Crippen LogP contribution < -0.4 is 0 Å². The van der Waals surface area contributed by atoms with Crippen molar-refractivity contribution >= 4 is 6.09 Å². The smallest absolute Gasteiger partial charge is 0.410 e. The van der Waals surface area contributed by atoms with Crippen molar-refractivity contribution < 1.29 is 9.53 Å². The Balaban J connectivity index is 1.90. The first-order valence-electron chi connectivity index (χ1n) is 7.51. The Morgan fingerprint density at radius 3 is 2.55 bits per heavy atom. The van der Waals surface area contributed by atoms with Crippen molar-refractivity contribution in [3.63, 3.8) is 0 Å². The fourth-order valence-corrected chi connectivity index (χ4v) is 3.77. The Hall–Kier alpha value is -1.51. The molecule has 0 unspecified atom stereocenters. The number of benzene rings is 1. The van der Waals surface area contributed by atoms with Gasteiger partial charge in [0.1, 0.15) is 5.60 Å². The first-order valence-corrected chi connectivity index (χ1v) is 7.51. The van der Waals surface area contributed by atoms with E-state index in [2.05, 4.69) is 31.2 Å². The Bertz CT molecular complexity index is 532. The monoisotopic (exact) mass is 273 g/mol. The summed E-state index contributed by atoms with van der Waals surface area (Å²) in [5, 5.41) is 0. The normalized spacial score (nSPS) is 27.6. The summed E-state index contributed by atoms with van der Waals surface area (Å²) in [5.74, 6) is 1.02. The first kappa shape index (κ1) is 13.5. The molecule has 0 saturated carbocycles. The predicted octanol–water partition coefficient (Wildman–Crippen LogP) is 4.10. The molecule has 1 saturated heterocycles. The third-order valence-corrected chi connectivity index (χ3v) is 4.47. The van der Waals surface area contributed by atoms with Crippen molar-refractivity contribution in [3.8, 4) is 0 Å². The number of nitrogens with zero attached hydrogens (tertiary/aromatic N) is 1. The predicted molar refractivity (Wildman–Crippen MR) is 78.6 cm³/mol. The van der Waals surface area contributed by atoms with Gasteiger partial charge in [0.25, 0.3) is 0 Å². The van der Waals surface area contributed by atoms with Crippen LogP contribution in [0.2, 0.25) is 0 Å². The first-order chi connectivity index (χ1) is 9.42. The van der Waals surface area contributed by atoms with E-state index in [-0.39, 0.29) is 12.1 Å². The maximum atomic E-state index is 12.4. The number of carbonyl (C=O) groups is 1. The fourth-order valence-electron chi connectivity index (χ4n) is 3.77. The van der Waals surface area contributed by atoms with E-state index in [1.54, 1.807) is 0 Å². The Morgan fingerprint density at radius 1 is 1.30 bits per heavy atom. The fraction of sp³-hybridized carbons (Fsp3) is 0.588. The molecular weight excluding hydrogens is 250 g/mol. The number of fused-ring (bicyclic) bond motifs is 5. The van der Waals surface area contributed by atoms with Crippen LogP contribution in [0.15, 0.2) is 24.3 Å².